The number of benzene rings is 1. The maximum Gasteiger partial charge on any atom is 0.419 e. The van der Waals surface area contributed by atoms with Crippen LogP contribution < -0.4 is 0 Å². The van der Waals surface area contributed by atoms with Crippen LogP contribution in [0.15, 0.2) is 30.3 Å². The molecule has 6 heteroatoms. The second-order valence-electron chi connectivity index (χ2n) is 3.73. The summed E-state index contributed by atoms with van der Waals surface area (Å²) in [4.78, 5) is 0.715. The monoisotopic (exact) mass is 276 g/mol. The van der Waals surface area contributed by atoms with Crippen LogP contribution in [0.4, 0.5) is 17.6 Å². The Bertz CT molecular complexity index is 559. The molecule has 1 N–H and O–H groups in total. The van der Waals surface area contributed by atoms with Crippen LogP contribution in [0.2, 0.25) is 0 Å². The molecule has 0 fully saturated rings. The second kappa shape index (κ2) is 4.61. The summed E-state index contributed by atoms with van der Waals surface area (Å²) in [6.45, 7) is 0. The molecule has 0 atom stereocenters. The predicted molar refractivity (Wildman–Crippen MR) is 60.2 cm³/mol. The summed E-state index contributed by atoms with van der Waals surface area (Å²) in [6.07, 6.45) is -4.47. The fourth-order valence-corrected chi connectivity index (χ4v) is 2.34. The van der Waals surface area contributed by atoms with Gasteiger partial charge in [-0.2, -0.15) is 13.2 Å². The van der Waals surface area contributed by atoms with Gasteiger partial charge in [0.2, 0.25) is 0 Å². The van der Waals surface area contributed by atoms with Gasteiger partial charge in [0.1, 0.15) is 5.82 Å². The number of rotatable bonds is 2. The van der Waals surface area contributed by atoms with Gasteiger partial charge in [-0.25, -0.2) is 4.39 Å². The van der Waals surface area contributed by atoms with Crippen LogP contribution in [0.5, 0.6) is 5.06 Å². The fraction of sp³-hybridized carbons (Fsp3) is 0.167. The molecule has 1 nitrogen and oxygen atoms in total. The van der Waals surface area contributed by atoms with E-state index in [-0.39, 0.29) is 11.5 Å². The van der Waals surface area contributed by atoms with Crippen LogP contribution in [-0.4, -0.2) is 5.11 Å². The molecule has 96 valence electrons. The van der Waals surface area contributed by atoms with E-state index in [9.17, 15) is 17.6 Å². The molecular formula is C12H8F4OS. The fourth-order valence-electron chi connectivity index (χ4n) is 1.56. The van der Waals surface area contributed by atoms with E-state index >= 15 is 0 Å². The van der Waals surface area contributed by atoms with Crippen molar-refractivity contribution < 1.29 is 22.7 Å². The highest BCUT2D eigenvalue weighted by molar-refractivity contribution is 7.13. The summed E-state index contributed by atoms with van der Waals surface area (Å²) >= 11 is 1.08. The third-order valence-corrected chi connectivity index (χ3v) is 3.25. The van der Waals surface area contributed by atoms with Gasteiger partial charge in [-0.15, -0.1) is 11.3 Å². The molecule has 1 heterocycles. The average molecular weight is 276 g/mol. The molecule has 0 aliphatic heterocycles. The summed E-state index contributed by atoms with van der Waals surface area (Å²) in [6, 6.07) is 6.00. The Morgan fingerprint density at radius 3 is 2.39 bits per heavy atom. The van der Waals surface area contributed by atoms with Crippen LogP contribution >= 0.6 is 11.3 Å². The molecule has 0 aliphatic rings. The van der Waals surface area contributed by atoms with E-state index in [1.165, 1.54) is 12.1 Å². The van der Waals surface area contributed by atoms with Crippen molar-refractivity contribution in [3.8, 4) is 5.06 Å². The van der Waals surface area contributed by atoms with Gasteiger partial charge in [0.15, 0.2) is 5.06 Å². The first kappa shape index (κ1) is 12.9. The lowest BCUT2D eigenvalue weighted by molar-refractivity contribution is -0.140. The number of hydrogen-bond donors (Lipinski definition) is 1. The maximum absolute atomic E-state index is 13.1. The van der Waals surface area contributed by atoms with Gasteiger partial charge in [0, 0.05) is 11.3 Å². The van der Waals surface area contributed by atoms with E-state index in [1.807, 2.05) is 0 Å². The molecule has 2 rings (SSSR count). The average Bonchev–Trinajstić information content (AvgIpc) is 2.65. The highest BCUT2D eigenvalue weighted by Crippen LogP contribution is 2.33. The molecule has 0 spiro atoms. The Balaban J connectivity index is 2.30. The maximum atomic E-state index is 13.1. The van der Waals surface area contributed by atoms with Gasteiger partial charge in [-0.05, 0) is 29.8 Å². The van der Waals surface area contributed by atoms with Gasteiger partial charge < -0.3 is 5.11 Å². The topological polar surface area (TPSA) is 20.2 Å². The van der Waals surface area contributed by atoms with Crippen LogP contribution in [0, 0.1) is 5.82 Å². The summed E-state index contributed by atoms with van der Waals surface area (Å²) < 4.78 is 50.5. The largest absolute Gasteiger partial charge is 0.499 e. The van der Waals surface area contributed by atoms with Crippen LogP contribution in [-0.2, 0) is 12.6 Å². The molecule has 2 aromatic rings. The predicted octanol–water partition coefficient (Wildman–Crippen LogP) is 4.20. The van der Waals surface area contributed by atoms with Crippen molar-refractivity contribution in [1.29, 1.82) is 0 Å². The first-order valence-corrected chi connectivity index (χ1v) is 5.81. The van der Waals surface area contributed by atoms with Crippen LogP contribution in [0.3, 0.4) is 0 Å². The van der Waals surface area contributed by atoms with Crippen molar-refractivity contribution in [3.63, 3.8) is 0 Å². The molecule has 0 saturated carbocycles. The van der Waals surface area contributed by atoms with Gasteiger partial charge >= 0.3 is 6.18 Å². The van der Waals surface area contributed by atoms with Crippen LogP contribution in [0.1, 0.15) is 16.0 Å². The summed E-state index contributed by atoms with van der Waals surface area (Å²) in [5.74, 6) is -1.28. The van der Waals surface area contributed by atoms with E-state index < -0.39 is 17.6 Å². The lowest BCUT2D eigenvalue weighted by Crippen LogP contribution is -2.08. The number of thiophene rings is 1. The zero-order chi connectivity index (χ0) is 13.3. The summed E-state index contributed by atoms with van der Waals surface area (Å²) in [7, 11) is 0. The third kappa shape index (κ3) is 2.81. The van der Waals surface area contributed by atoms with Crippen LogP contribution in [0.25, 0.3) is 0 Å². The number of alkyl halides is 3. The lowest BCUT2D eigenvalue weighted by atomic mass is 10.1. The first-order valence-electron chi connectivity index (χ1n) is 4.99. The first-order chi connectivity index (χ1) is 8.36. The van der Waals surface area contributed by atoms with E-state index in [4.69, 9.17) is 5.11 Å². The Labute approximate surface area is 104 Å². The summed E-state index contributed by atoms with van der Waals surface area (Å²) in [5, 5.41) is 9.24. The van der Waals surface area contributed by atoms with Gasteiger partial charge in [-0.3, -0.25) is 0 Å². The zero-order valence-corrected chi connectivity index (χ0v) is 9.78. The Kier molecular flexibility index (Phi) is 3.30. The molecule has 1 aromatic heterocycles. The lowest BCUT2D eigenvalue weighted by Gasteiger charge is -2.09. The normalized spacial score (nSPS) is 11.8. The molecule has 0 aliphatic carbocycles. The highest BCUT2D eigenvalue weighted by Gasteiger charge is 2.34. The molecule has 18 heavy (non-hydrogen) atoms. The zero-order valence-electron chi connectivity index (χ0n) is 8.96. The Morgan fingerprint density at radius 2 is 1.83 bits per heavy atom. The van der Waals surface area contributed by atoms with Crippen molar-refractivity contribution in [2.75, 3.05) is 0 Å². The molecule has 0 amide bonds. The highest BCUT2D eigenvalue weighted by atomic mass is 32.1. The van der Waals surface area contributed by atoms with Crippen molar-refractivity contribution in [1.82, 2.24) is 0 Å². The van der Waals surface area contributed by atoms with E-state index in [2.05, 4.69) is 0 Å². The Morgan fingerprint density at radius 1 is 1.11 bits per heavy atom. The minimum Gasteiger partial charge on any atom is -0.499 e. The molecule has 1 aromatic carbocycles. The van der Waals surface area contributed by atoms with E-state index in [1.54, 1.807) is 6.07 Å². The smallest absolute Gasteiger partial charge is 0.419 e. The summed E-state index contributed by atoms with van der Waals surface area (Å²) in [5.41, 5.74) is -0.911. The number of hydrogen-bond acceptors (Lipinski definition) is 2. The van der Waals surface area contributed by atoms with Crippen molar-refractivity contribution in [2.45, 2.75) is 12.6 Å². The molecular weight excluding hydrogens is 268 g/mol. The van der Waals surface area contributed by atoms with Gasteiger partial charge in [0.05, 0.1) is 5.56 Å². The van der Waals surface area contributed by atoms with E-state index in [0.717, 1.165) is 23.5 Å². The molecule has 0 saturated heterocycles. The number of halogens is 4. The van der Waals surface area contributed by atoms with E-state index in [0.29, 0.717) is 10.4 Å². The van der Waals surface area contributed by atoms with Crippen molar-refractivity contribution in [3.05, 3.63) is 52.2 Å². The van der Waals surface area contributed by atoms with Crippen molar-refractivity contribution in [2.24, 2.45) is 0 Å². The second-order valence-corrected chi connectivity index (χ2v) is 4.88. The van der Waals surface area contributed by atoms with Gasteiger partial charge in [0.25, 0.3) is 0 Å². The molecule has 0 radical (unpaired) electrons. The standard InChI is InChI=1S/C12H8F4OS/c13-10-3-1-7(6-9(10)12(14,15)16)5-8-2-4-11(17)18-8/h1-4,6,17H,5H2. The quantitative estimate of drug-likeness (QED) is 0.815. The SMILES string of the molecule is Oc1ccc(Cc2ccc(F)c(C(F)(F)F)c2)s1. The van der Waals surface area contributed by atoms with Gasteiger partial charge in [-0.1, -0.05) is 6.07 Å². The minimum absolute atomic E-state index is 0.100. The molecule has 0 unspecified atom stereocenters. The molecule has 0 bridgehead atoms. The Hall–Kier alpha value is -1.56. The minimum atomic E-state index is -4.70. The van der Waals surface area contributed by atoms with Crippen molar-refractivity contribution >= 4 is 11.3 Å². The number of aromatic hydroxyl groups is 1. The third-order valence-electron chi connectivity index (χ3n) is 2.36.